The van der Waals surface area contributed by atoms with Gasteiger partial charge in [0.1, 0.15) is 11.5 Å². The number of hydrogen-bond acceptors (Lipinski definition) is 6. The summed E-state index contributed by atoms with van der Waals surface area (Å²) in [6.45, 7) is 7.13. The predicted octanol–water partition coefficient (Wildman–Crippen LogP) is 6.53. The highest BCUT2D eigenvalue weighted by molar-refractivity contribution is 5.94. The van der Waals surface area contributed by atoms with Gasteiger partial charge in [-0.2, -0.15) is 0 Å². The molecule has 0 saturated heterocycles. The molecular weight excluding hydrogens is 480 g/mol. The van der Waals surface area contributed by atoms with Gasteiger partial charge >= 0.3 is 11.9 Å². The zero-order chi connectivity index (χ0) is 26.5. The smallest absolute Gasteiger partial charge is 0.337 e. The van der Waals surface area contributed by atoms with E-state index in [1.165, 1.54) is 24.3 Å². The molecule has 4 aromatic carbocycles. The molecule has 6 heteroatoms. The minimum atomic E-state index is -0.723. The molecule has 0 saturated carbocycles. The first kappa shape index (κ1) is 24.6. The Morgan fingerprint density at radius 3 is 1.32 bits per heavy atom. The van der Waals surface area contributed by atoms with Crippen molar-refractivity contribution in [2.45, 2.75) is 12.6 Å². The van der Waals surface area contributed by atoms with E-state index >= 15 is 0 Å². The Labute approximate surface area is 219 Å². The molecule has 0 aliphatic carbocycles. The number of carbonyl (C=O) groups excluding carboxylic acids is 2. The second-order valence-electron chi connectivity index (χ2n) is 8.46. The minimum absolute atomic E-state index is 0.417. The third-order valence-corrected chi connectivity index (χ3v) is 5.90. The van der Waals surface area contributed by atoms with Crippen molar-refractivity contribution in [3.05, 3.63) is 134 Å². The van der Waals surface area contributed by atoms with Crippen LogP contribution in [-0.4, -0.2) is 24.5 Å². The van der Waals surface area contributed by atoms with E-state index in [1.54, 1.807) is 0 Å². The molecule has 2 aliphatic heterocycles. The van der Waals surface area contributed by atoms with Crippen LogP contribution >= 0.6 is 0 Å². The van der Waals surface area contributed by atoms with Crippen molar-refractivity contribution in [2.24, 2.45) is 0 Å². The van der Waals surface area contributed by atoms with Crippen LogP contribution in [0, 0.1) is 0 Å². The average Bonchev–Trinajstić information content (AvgIpc) is 2.96. The third kappa shape index (κ3) is 5.50. The van der Waals surface area contributed by atoms with Crippen LogP contribution in [0.1, 0.15) is 11.1 Å². The lowest BCUT2D eigenvalue weighted by Gasteiger charge is -2.22. The van der Waals surface area contributed by atoms with Crippen LogP contribution in [0.4, 0.5) is 0 Å². The molecule has 0 N–H and O–H groups in total. The number of esters is 2. The first-order valence-electron chi connectivity index (χ1n) is 11.9. The molecule has 6 nitrogen and oxygen atoms in total. The molecule has 38 heavy (non-hydrogen) atoms. The molecule has 0 radical (unpaired) electrons. The van der Waals surface area contributed by atoms with Crippen LogP contribution in [0.2, 0.25) is 0 Å². The van der Waals surface area contributed by atoms with E-state index < -0.39 is 24.5 Å². The summed E-state index contributed by atoms with van der Waals surface area (Å²) < 4.78 is 20.9. The van der Waals surface area contributed by atoms with Crippen LogP contribution in [0.15, 0.2) is 122 Å². The van der Waals surface area contributed by atoms with Crippen LogP contribution < -0.4 is 0 Å². The van der Waals surface area contributed by atoms with E-state index in [0.717, 1.165) is 32.7 Å². The lowest BCUT2D eigenvalue weighted by molar-refractivity contribution is -0.158. The first-order valence-corrected chi connectivity index (χ1v) is 11.9. The van der Waals surface area contributed by atoms with Crippen molar-refractivity contribution in [1.82, 2.24) is 0 Å². The Hall–Kier alpha value is -5.10. The maximum absolute atomic E-state index is 11.5. The van der Waals surface area contributed by atoms with E-state index in [-0.39, 0.29) is 0 Å². The maximum atomic E-state index is 11.5. The molecule has 0 fully saturated rings. The van der Waals surface area contributed by atoms with E-state index in [1.807, 2.05) is 84.9 Å². The summed E-state index contributed by atoms with van der Waals surface area (Å²) in [5.74, 6) is 0.178. The molecule has 188 valence electrons. The highest BCUT2D eigenvalue weighted by Crippen LogP contribution is 2.27. The van der Waals surface area contributed by atoms with Crippen LogP contribution in [0.25, 0.3) is 33.1 Å². The van der Waals surface area contributed by atoms with E-state index in [2.05, 4.69) is 13.2 Å². The number of carbonyl (C=O) groups is 2. The first-order chi connectivity index (χ1) is 18.5. The molecule has 0 unspecified atom stereocenters. The zero-order valence-electron chi connectivity index (χ0n) is 20.4. The van der Waals surface area contributed by atoms with Gasteiger partial charge in [0, 0.05) is 11.1 Å². The number of cyclic esters (lactones) is 2. The van der Waals surface area contributed by atoms with Gasteiger partial charge in [-0.1, -0.05) is 86.0 Å². The van der Waals surface area contributed by atoms with E-state index in [0.29, 0.717) is 11.5 Å². The SMILES string of the molecule is C=C[C@@H]1OC(=O)C=C(c2ccc3ccccc3c2)O1.C=C[C@H]1OC(=O)C=C(c2ccc3ccccc3c2)O1. The normalized spacial score (nSPS) is 18.4. The molecule has 2 aliphatic rings. The van der Waals surface area contributed by atoms with Gasteiger partial charge in [-0.05, 0) is 45.8 Å². The number of benzene rings is 4. The topological polar surface area (TPSA) is 71.1 Å². The average molecular weight is 505 g/mol. The molecule has 0 aromatic heterocycles. The number of rotatable bonds is 4. The summed E-state index contributed by atoms with van der Waals surface area (Å²) in [4.78, 5) is 22.9. The largest absolute Gasteiger partial charge is 0.450 e. The van der Waals surface area contributed by atoms with E-state index in [9.17, 15) is 9.59 Å². The number of ether oxygens (including phenoxy) is 4. The Balaban J connectivity index is 0.000000155. The van der Waals surface area contributed by atoms with Gasteiger partial charge in [0.15, 0.2) is 0 Å². The third-order valence-electron chi connectivity index (χ3n) is 5.90. The van der Waals surface area contributed by atoms with Crippen molar-refractivity contribution < 1.29 is 28.5 Å². The summed E-state index contributed by atoms with van der Waals surface area (Å²) in [6.07, 6.45) is 4.16. The molecule has 6 rings (SSSR count). The summed E-state index contributed by atoms with van der Waals surface area (Å²) in [7, 11) is 0. The van der Waals surface area contributed by atoms with Crippen LogP contribution in [0.3, 0.4) is 0 Å². The van der Waals surface area contributed by atoms with Crippen molar-refractivity contribution in [3.8, 4) is 0 Å². The Morgan fingerprint density at radius 1 is 0.526 bits per heavy atom. The summed E-state index contributed by atoms with van der Waals surface area (Å²) in [5.41, 5.74) is 1.70. The Morgan fingerprint density at radius 2 is 0.921 bits per heavy atom. The van der Waals surface area contributed by atoms with E-state index in [4.69, 9.17) is 18.9 Å². The molecule has 2 heterocycles. The maximum Gasteiger partial charge on any atom is 0.337 e. The van der Waals surface area contributed by atoms with Gasteiger partial charge in [0.05, 0.1) is 12.2 Å². The number of hydrogen-bond donors (Lipinski definition) is 0. The molecule has 0 bridgehead atoms. The fourth-order valence-electron chi connectivity index (χ4n) is 4.06. The van der Waals surface area contributed by atoms with Gasteiger partial charge in [-0.25, -0.2) is 9.59 Å². The summed E-state index contributed by atoms with van der Waals surface area (Å²) in [6, 6.07) is 27.9. The van der Waals surface area contributed by atoms with Gasteiger partial charge in [0.25, 0.3) is 12.6 Å². The highest BCUT2D eigenvalue weighted by Gasteiger charge is 2.22. The standard InChI is InChI=1S/2C16H12O3/c2*1-2-16-18-14(10-15(17)19-16)13-8-7-11-5-3-4-6-12(11)9-13/h2*2-10,16H,1H2/t2*16-/m10/s1. The van der Waals surface area contributed by atoms with Gasteiger partial charge in [-0.3, -0.25) is 0 Å². The van der Waals surface area contributed by atoms with Crippen LogP contribution in [-0.2, 0) is 28.5 Å². The fourth-order valence-corrected chi connectivity index (χ4v) is 4.06. The molecule has 0 spiro atoms. The zero-order valence-corrected chi connectivity index (χ0v) is 20.4. The van der Waals surface area contributed by atoms with Gasteiger partial charge < -0.3 is 18.9 Å². The highest BCUT2D eigenvalue weighted by atomic mass is 16.7. The lowest BCUT2D eigenvalue weighted by Crippen LogP contribution is -2.22. The lowest BCUT2D eigenvalue weighted by atomic mass is 10.1. The van der Waals surface area contributed by atoms with Crippen molar-refractivity contribution in [1.29, 1.82) is 0 Å². The Kier molecular flexibility index (Phi) is 7.04. The summed E-state index contributed by atoms with van der Waals surface area (Å²) >= 11 is 0. The molecular formula is C32H24O6. The van der Waals surface area contributed by atoms with Crippen LogP contribution in [0.5, 0.6) is 0 Å². The van der Waals surface area contributed by atoms with Gasteiger partial charge in [-0.15, -0.1) is 0 Å². The second kappa shape index (κ2) is 10.9. The quantitative estimate of drug-likeness (QED) is 0.232. The summed E-state index contributed by atoms with van der Waals surface area (Å²) in [5, 5.41) is 4.48. The van der Waals surface area contributed by atoms with Crippen molar-refractivity contribution in [3.63, 3.8) is 0 Å². The fraction of sp³-hybridized carbons (Fsp3) is 0.0625. The molecule has 4 aromatic rings. The van der Waals surface area contributed by atoms with Gasteiger partial charge in [0.2, 0.25) is 0 Å². The Bertz CT molecular complexity index is 1490. The van der Waals surface area contributed by atoms with Crippen molar-refractivity contribution >= 4 is 45.0 Å². The molecule has 0 amide bonds. The second-order valence-corrected chi connectivity index (χ2v) is 8.46. The minimum Gasteiger partial charge on any atom is -0.450 e. The number of fused-ring (bicyclic) bond motifs is 2. The predicted molar refractivity (Wildman–Crippen MR) is 146 cm³/mol. The van der Waals surface area contributed by atoms with Crippen molar-refractivity contribution in [2.75, 3.05) is 0 Å². The molecule has 2 atom stereocenters. The monoisotopic (exact) mass is 504 g/mol.